The lowest BCUT2D eigenvalue weighted by molar-refractivity contribution is -0.106. The van der Waals surface area contributed by atoms with Gasteiger partial charge in [0, 0.05) is 37.2 Å². The summed E-state index contributed by atoms with van der Waals surface area (Å²) >= 11 is 0. The fourth-order valence-electron chi connectivity index (χ4n) is 2.41. The van der Waals surface area contributed by atoms with Crippen molar-refractivity contribution in [2.45, 2.75) is 20.1 Å². The number of rotatable bonds is 4. The zero-order chi connectivity index (χ0) is 14.9. The molecule has 0 atom stereocenters. The summed E-state index contributed by atoms with van der Waals surface area (Å²) in [4.78, 5) is 0. The summed E-state index contributed by atoms with van der Waals surface area (Å²) in [7, 11) is 3.08. The Morgan fingerprint density at radius 1 is 1.05 bits per heavy atom. The number of hydrogen-bond acceptors (Lipinski definition) is 2. The lowest BCUT2D eigenvalue weighted by Gasteiger charge is -2.15. The molecule has 2 aromatic rings. The van der Waals surface area contributed by atoms with Gasteiger partial charge in [0.2, 0.25) is 0 Å². The molecule has 1 aromatic heterocycles. The molecule has 0 saturated carbocycles. The number of nitrogens with zero attached hydrogens (tertiary/aromatic N) is 1. The van der Waals surface area contributed by atoms with Gasteiger partial charge in [0.25, 0.3) is 0 Å². The highest BCUT2D eigenvalue weighted by molar-refractivity contribution is 5.42. The average Bonchev–Trinajstić information content (AvgIpc) is 2.68. The number of hydrogen-bond donors (Lipinski definition) is 0. The first-order valence-electron chi connectivity index (χ1n) is 6.19. The van der Waals surface area contributed by atoms with E-state index < -0.39 is 17.9 Å². The van der Waals surface area contributed by atoms with E-state index in [0.717, 1.165) is 23.0 Å². The minimum absolute atomic E-state index is 0.304. The summed E-state index contributed by atoms with van der Waals surface area (Å²) in [5, 5.41) is 0. The largest absolute Gasteiger partial charge is 0.352 e. The molecule has 0 amide bonds. The highest BCUT2D eigenvalue weighted by atomic mass is 19.1. The Kier molecular flexibility index (Phi) is 4.20. The number of aryl methyl sites for hydroxylation is 1. The van der Waals surface area contributed by atoms with Crippen LogP contribution in [0.4, 0.5) is 8.78 Å². The monoisotopic (exact) mass is 281 g/mol. The summed E-state index contributed by atoms with van der Waals surface area (Å²) < 4.78 is 39.1. The van der Waals surface area contributed by atoms with Crippen LogP contribution in [0.2, 0.25) is 0 Å². The Morgan fingerprint density at radius 3 is 2.25 bits per heavy atom. The van der Waals surface area contributed by atoms with Crippen LogP contribution in [0.1, 0.15) is 23.2 Å². The first kappa shape index (κ1) is 14.7. The van der Waals surface area contributed by atoms with Gasteiger partial charge < -0.3 is 14.0 Å². The van der Waals surface area contributed by atoms with E-state index in [9.17, 15) is 8.78 Å². The topological polar surface area (TPSA) is 23.4 Å². The van der Waals surface area contributed by atoms with Crippen molar-refractivity contribution in [2.75, 3.05) is 14.2 Å². The molecule has 0 radical (unpaired) electrons. The zero-order valence-corrected chi connectivity index (χ0v) is 11.9. The number of methoxy groups -OCH3 is 2. The molecular formula is C15H17F2NO2. The van der Waals surface area contributed by atoms with E-state index in [-0.39, 0.29) is 0 Å². The van der Waals surface area contributed by atoms with E-state index in [1.54, 1.807) is 18.8 Å². The summed E-state index contributed by atoms with van der Waals surface area (Å²) in [5.41, 5.74) is 2.73. The highest BCUT2D eigenvalue weighted by Gasteiger charge is 2.19. The van der Waals surface area contributed by atoms with E-state index in [1.165, 1.54) is 12.1 Å². The first-order chi connectivity index (χ1) is 9.49. The lowest BCUT2D eigenvalue weighted by atomic mass is 10.2. The van der Waals surface area contributed by atoms with Gasteiger partial charge >= 0.3 is 0 Å². The molecule has 2 rings (SSSR count). The Hall–Kier alpha value is -1.72. The molecule has 0 saturated heterocycles. The van der Waals surface area contributed by atoms with Crippen molar-refractivity contribution in [3.63, 3.8) is 0 Å². The molecule has 1 aromatic carbocycles. The van der Waals surface area contributed by atoms with Crippen molar-refractivity contribution in [3.05, 3.63) is 52.9 Å². The molecule has 0 fully saturated rings. The molecule has 0 spiro atoms. The number of aromatic nitrogens is 1. The van der Waals surface area contributed by atoms with Crippen LogP contribution in [0.5, 0.6) is 0 Å². The van der Waals surface area contributed by atoms with Crippen LogP contribution in [0, 0.1) is 25.5 Å². The Morgan fingerprint density at radius 2 is 1.70 bits per heavy atom. The molecule has 3 nitrogen and oxygen atoms in total. The highest BCUT2D eigenvalue weighted by Crippen LogP contribution is 2.28. The van der Waals surface area contributed by atoms with Crippen LogP contribution in [-0.2, 0) is 9.47 Å². The summed E-state index contributed by atoms with van der Waals surface area (Å²) in [6.07, 6.45) is -0.515. The van der Waals surface area contributed by atoms with Crippen molar-refractivity contribution in [1.29, 1.82) is 0 Å². The van der Waals surface area contributed by atoms with Gasteiger partial charge in [0.05, 0.1) is 5.69 Å². The summed E-state index contributed by atoms with van der Waals surface area (Å²) in [6, 6.07) is 5.40. The van der Waals surface area contributed by atoms with Crippen LogP contribution in [0.15, 0.2) is 24.3 Å². The van der Waals surface area contributed by atoms with Gasteiger partial charge in [-0.05, 0) is 32.0 Å². The summed E-state index contributed by atoms with van der Waals surface area (Å²) in [6.45, 7) is 3.69. The second-order valence-corrected chi connectivity index (χ2v) is 4.56. The number of ether oxygens (including phenoxy) is 2. The minimum Gasteiger partial charge on any atom is -0.352 e. The van der Waals surface area contributed by atoms with Gasteiger partial charge in [-0.15, -0.1) is 0 Å². The predicted molar refractivity (Wildman–Crippen MR) is 71.9 cm³/mol. The molecule has 20 heavy (non-hydrogen) atoms. The van der Waals surface area contributed by atoms with Crippen molar-refractivity contribution in [1.82, 2.24) is 4.57 Å². The van der Waals surface area contributed by atoms with E-state index in [1.807, 2.05) is 19.9 Å². The molecule has 0 N–H and O–H groups in total. The Balaban J connectivity index is 2.58. The maximum Gasteiger partial charge on any atom is 0.184 e. The molecule has 1 heterocycles. The molecule has 0 bridgehead atoms. The molecule has 0 unspecified atom stereocenters. The molecule has 0 aliphatic heterocycles. The number of halogens is 2. The molecule has 108 valence electrons. The normalized spacial score (nSPS) is 11.3. The van der Waals surface area contributed by atoms with Crippen LogP contribution in [-0.4, -0.2) is 18.8 Å². The Bertz CT molecular complexity index is 619. The standard InChI is InChI=1S/C15H17F2NO2/c1-9-7-12(15(19-3)20-4)10(2)18(9)14-6-5-11(16)8-13(14)17/h5-8,15H,1-4H3. The molecule has 0 aliphatic carbocycles. The maximum absolute atomic E-state index is 13.9. The van der Waals surface area contributed by atoms with Gasteiger partial charge in [0.15, 0.2) is 6.29 Å². The van der Waals surface area contributed by atoms with Crippen LogP contribution >= 0.6 is 0 Å². The van der Waals surface area contributed by atoms with E-state index in [4.69, 9.17) is 9.47 Å². The maximum atomic E-state index is 13.9. The third-order valence-electron chi connectivity index (χ3n) is 3.30. The fourth-order valence-corrected chi connectivity index (χ4v) is 2.41. The SMILES string of the molecule is COC(OC)c1cc(C)n(-c2ccc(F)cc2F)c1C. The predicted octanol–water partition coefficient (Wildman–Crippen LogP) is 3.66. The van der Waals surface area contributed by atoms with Crippen LogP contribution in [0.25, 0.3) is 5.69 Å². The summed E-state index contributed by atoms with van der Waals surface area (Å²) in [5.74, 6) is -1.20. The average molecular weight is 281 g/mol. The molecule has 0 aliphatic rings. The second kappa shape index (κ2) is 5.73. The fraction of sp³-hybridized carbons (Fsp3) is 0.333. The van der Waals surface area contributed by atoms with Gasteiger partial charge in [-0.2, -0.15) is 0 Å². The van der Waals surface area contributed by atoms with Gasteiger partial charge in [-0.25, -0.2) is 8.78 Å². The third-order valence-corrected chi connectivity index (χ3v) is 3.30. The van der Waals surface area contributed by atoms with Crippen LogP contribution in [0.3, 0.4) is 0 Å². The van der Waals surface area contributed by atoms with Crippen molar-refractivity contribution in [2.24, 2.45) is 0 Å². The number of benzene rings is 1. The van der Waals surface area contributed by atoms with E-state index in [2.05, 4.69) is 0 Å². The third kappa shape index (κ3) is 2.46. The van der Waals surface area contributed by atoms with Crippen molar-refractivity contribution >= 4 is 0 Å². The first-order valence-corrected chi connectivity index (χ1v) is 6.19. The smallest absolute Gasteiger partial charge is 0.184 e. The zero-order valence-electron chi connectivity index (χ0n) is 11.9. The van der Waals surface area contributed by atoms with Crippen molar-refractivity contribution < 1.29 is 18.3 Å². The minimum atomic E-state index is -0.607. The second-order valence-electron chi connectivity index (χ2n) is 4.56. The Labute approximate surface area is 116 Å². The lowest BCUT2D eigenvalue weighted by Crippen LogP contribution is -2.07. The van der Waals surface area contributed by atoms with Crippen LogP contribution < -0.4 is 0 Å². The molecule has 5 heteroatoms. The van der Waals surface area contributed by atoms with Gasteiger partial charge in [-0.3, -0.25) is 0 Å². The van der Waals surface area contributed by atoms with E-state index in [0.29, 0.717) is 5.69 Å². The van der Waals surface area contributed by atoms with Crippen molar-refractivity contribution in [3.8, 4) is 5.69 Å². The van der Waals surface area contributed by atoms with Gasteiger partial charge in [-0.1, -0.05) is 0 Å². The van der Waals surface area contributed by atoms with Gasteiger partial charge in [0.1, 0.15) is 11.6 Å². The molecular weight excluding hydrogens is 264 g/mol. The quantitative estimate of drug-likeness (QED) is 0.798. The van der Waals surface area contributed by atoms with E-state index >= 15 is 0 Å².